The fourth-order valence-electron chi connectivity index (χ4n) is 3.05. The van der Waals surface area contributed by atoms with Crippen molar-refractivity contribution in [2.75, 3.05) is 6.61 Å². The number of benzene rings is 3. The molecule has 0 unspecified atom stereocenters. The smallest absolute Gasteiger partial charge is 0.131 e. The van der Waals surface area contributed by atoms with Gasteiger partial charge in [0.25, 0.3) is 0 Å². The predicted molar refractivity (Wildman–Crippen MR) is 110 cm³/mol. The van der Waals surface area contributed by atoms with Crippen molar-refractivity contribution in [3.63, 3.8) is 0 Å². The van der Waals surface area contributed by atoms with Crippen LogP contribution in [0.1, 0.15) is 5.56 Å². The van der Waals surface area contributed by atoms with E-state index in [1.165, 1.54) is 18.6 Å². The zero-order chi connectivity index (χ0) is 19.9. The van der Waals surface area contributed by atoms with Crippen LogP contribution in [0.2, 0.25) is 0 Å². The van der Waals surface area contributed by atoms with Crippen molar-refractivity contribution in [2.45, 2.75) is 6.42 Å². The minimum Gasteiger partial charge on any atom is -0.466 e. The van der Waals surface area contributed by atoms with Crippen LogP contribution in [0.4, 0.5) is 4.39 Å². The monoisotopic (exact) mass is 376 g/mol. The fourth-order valence-corrected chi connectivity index (χ4v) is 3.05. The molecule has 3 nitrogen and oxygen atoms in total. The summed E-state index contributed by atoms with van der Waals surface area (Å²) in [7, 11) is 0. The molecule has 4 heteroatoms. The molecule has 0 radical (unpaired) electrons. The zero-order valence-corrected chi connectivity index (χ0v) is 15.4. The van der Waals surface area contributed by atoms with Crippen molar-refractivity contribution in [2.24, 2.45) is 0 Å². The van der Waals surface area contributed by atoms with Crippen molar-refractivity contribution < 1.29 is 19.0 Å². The highest BCUT2D eigenvalue weighted by atomic mass is 19.1. The topological polar surface area (TPSA) is 38.7 Å². The highest BCUT2D eigenvalue weighted by Gasteiger charge is 2.13. The number of aliphatic hydroxyl groups excluding tert-OH is 1. The van der Waals surface area contributed by atoms with Gasteiger partial charge in [0.2, 0.25) is 0 Å². The quantitative estimate of drug-likeness (QED) is 0.510. The van der Waals surface area contributed by atoms with Crippen molar-refractivity contribution in [3.05, 3.63) is 97.7 Å². The van der Waals surface area contributed by atoms with Crippen LogP contribution in [0.3, 0.4) is 0 Å². The lowest BCUT2D eigenvalue weighted by atomic mass is 9.93. The Morgan fingerprint density at radius 3 is 1.75 bits per heavy atom. The summed E-state index contributed by atoms with van der Waals surface area (Å²) in [4.78, 5) is 0. The maximum atomic E-state index is 14.9. The number of rotatable bonds is 8. The average Bonchev–Trinajstić information content (AvgIpc) is 2.71. The highest BCUT2D eigenvalue weighted by molar-refractivity contribution is 5.75. The molecular weight excluding hydrogens is 355 g/mol. The summed E-state index contributed by atoms with van der Waals surface area (Å²) in [5, 5.41) is 9.48. The second-order valence-electron chi connectivity index (χ2n) is 6.08. The molecule has 0 aliphatic rings. The first kappa shape index (κ1) is 19.4. The first-order valence-electron chi connectivity index (χ1n) is 8.85. The van der Waals surface area contributed by atoms with Gasteiger partial charge in [0, 0.05) is 12.2 Å². The molecular formula is C24H21FO3. The van der Waals surface area contributed by atoms with Gasteiger partial charge in [-0.25, -0.2) is 4.39 Å². The molecule has 0 atom stereocenters. The van der Waals surface area contributed by atoms with Crippen LogP contribution in [-0.4, -0.2) is 11.7 Å². The third kappa shape index (κ3) is 4.30. The molecule has 0 saturated heterocycles. The average molecular weight is 376 g/mol. The van der Waals surface area contributed by atoms with E-state index in [2.05, 4.69) is 13.2 Å². The number of ether oxygens (including phenoxy) is 2. The molecule has 3 aromatic rings. The minimum atomic E-state index is -0.333. The summed E-state index contributed by atoms with van der Waals surface area (Å²) >= 11 is 0. The largest absolute Gasteiger partial charge is 0.466 e. The Labute approximate surface area is 164 Å². The predicted octanol–water partition coefficient (Wildman–Crippen LogP) is 5.74. The molecule has 0 aliphatic heterocycles. The Kier molecular flexibility index (Phi) is 6.25. The molecule has 0 heterocycles. The van der Waals surface area contributed by atoms with E-state index in [1.807, 2.05) is 12.1 Å². The lowest BCUT2D eigenvalue weighted by Crippen LogP contribution is -1.98. The van der Waals surface area contributed by atoms with E-state index in [1.54, 1.807) is 42.5 Å². The van der Waals surface area contributed by atoms with Gasteiger partial charge in [0.1, 0.15) is 17.3 Å². The van der Waals surface area contributed by atoms with Crippen LogP contribution < -0.4 is 9.47 Å². The van der Waals surface area contributed by atoms with Gasteiger partial charge in [-0.15, -0.1) is 0 Å². The van der Waals surface area contributed by atoms with E-state index in [-0.39, 0.29) is 12.4 Å². The van der Waals surface area contributed by atoms with Crippen LogP contribution in [0.25, 0.3) is 22.3 Å². The van der Waals surface area contributed by atoms with E-state index in [4.69, 9.17) is 9.47 Å². The Balaban J connectivity index is 2.01. The van der Waals surface area contributed by atoms with Gasteiger partial charge in [-0.3, -0.25) is 0 Å². The van der Waals surface area contributed by atoms with Crippen molar-refractivity contribution in [1.82, 2.24) is 0 Å². The fraction of sp³-hybridized carbons (Fsp3) is 0.0833. The van der Waals surface area contributed by atoms with Crippen molar-refractivity contribution in [3.8, 4) is 33.8 Å². The molecule has 3 aromatic carbocycles. The number of hydrogen-bond acceptors (Lipinski definition) is 3. The zero-order valence-electron chi connectivity index (χ0n) is 15.4. The lowest BCUT2D eigenvalue weighted by Gasteiger charge is -2.14. The molecule has 0 fully saturated rings. The Hall–Kier alpha value is -3.37. The second-order valence-corrected chi connectivity index (χ2v) is 6.08. The molecule has 3 rings (SSSR count). The van der Waals surface area contributed by atoms with Gasteiger partial charge < -0.3 is 14.6 Å². The minimum absolute atomic E-state index is 0.0259. The Morgan fingerprint density at radius 1 is 0.786 bits per heavy atom. The maximum absolute atomic E-state index is 14.9. The maximum Gasteiger partial charge on any atom is 0.131 e. The van der Waals surface area contributed by atoms with Crippen LogP contribution in [0.5, 0.6) is 11.5 Å². The van der Waals surface area contributed by atoms with Gasteiger partial charge in [-0.1, -0.05) is 37.4 Å². The van der Waals surface area contributed by atoms with E-state index in [0.717, 1.165) is 22.3 Å². The summed E-state index contributed by atoms with van der Waals surface area (Å²) in [6, 6.07) is 17.7. The first-order chi connectivity index (χ1) is 13.7. The van der Waals surface area contributed by atoms with Gasteiger partial charge in [-0.05, 0) is 65.1 Å². The molecule has 0 aliphatic carbocycles. The lowest BCUT2D eigenvalue weighted by molar-refractivity contribution is 0.300. The van der Waals surface area contributed by atoms with Crippen LogP contribution in [0, 0.1) is 5.82 Å². The molecule has 0 amide bonds. The number of aliphatic hydroxyl groups is 1. The summed E-state index contributed by atoms with van der Waals surface area (Å²) in [5.41, 5.74) is 3.66. The van der Waals surface area contributed by atoms with Crippen LogP contribution >= 0.6 is 0 Å². The van der Waals surface area contributed by atoms with E-state index in [0.29, 0.717) is 23.5 Å². The van der Waals surface area contributed by atoms with E-state index in [9.17, 15) is 9.50 Å². The second kappa shape index (κ2) is 9.02. The molecule has 142 valence electrons. The van der Waals surface area contributed by atoms with Crippen LogP contribution in [0.15, 0.2) is 86.3 Å². The normalized spacial score (nSPS) is 10.4. The third-order valence-electron chi connectivity index (χ3n) is 4.34. The van der Waals surface area contributed by atoms with Gasteiger partial charge in [-0.2, -0.15) is 0 Å². The summed E-state index contributed by atoms with van der Waals surface area (Å²) in [6.45, 7) is 7.02. The highest BCUT2D eigenvalue weighted by Crippen LogP contribution is 2.33. The van der Waals surface area contributed by atoms with Gasteiger partial charge in [0.05, 0.1) is 12.5 Å². The van der Waals surface area contributed by atoms with Gasteiger partial charge >= 0.3 is 0 Å². The molecule has 0 aromatic heterocycles. The summed E-state index contributed by atoms with van der Waals surface area (Å²) in [5.74, 6) is 0.954. The number of hydrogen-bond donors (Lipinski definition) is 1. The summed E-state index contributed by atoms with van der Waals surface area (Å²) < 4.78 is 25.4. The standard InChI is InChI=1S/C24H21FO3/c1-3-27-20-9-5-17(6-10-20)22-16-24(25)23(15-19(22)13-14-26)18-7-11-21(12-8-18)28-4-2/h3-12,15-16,26H,1-2,13-14H2. The van der Waals surface area contributed by atoms with Crippen LogP contribution in [-0.2, 0) is 6.42 Å². The molecule has 0 bridgehead atoms. The van der Waals surface area contributed by atoms with E-state index >= 15 is 0 Å². The first-order valence-corrected chi connectivity index (χ1v) is 8.85. The van der Waals surface area contributed by atoms with Crippen molar-refractivity contribution >= 4 is 0 Å². The SMILES string of the molecule is C=COc1ccc(-c2cc(CCO)c(-c3ccc(OC=C)cc3)cc2F)cc1. The van der Waals surface area contributed by atoms with E-state index < -0.39 is 0 Å². The molecule has 0 saturated carbocycles. The van der Waals surface area contributed by atoms with Crippen molar-refractivity contribution in [1.29, 1.82) is 0 Å². The Bertz CT molecular complexity index is 960. The summed E-state index contributed by atoms with van der Waals surface area (Å²) in [6.07, 6.45) is 3.12. The third-order valence-corrected chi connectivity index (χ3v) is 4.34. The van der Waals surface area contributed by atoms with Gasteiger partial charge in [0.15, 0.2) is 0 Å². The number of halogens is 1. The molecule has 28 heavy (non-hydrogen) atoms. The molecule has 1 N–H and O–H groups in total. The molecule has 0 spiro atoms. The Morgan fingerprint density at radius 2 is 1.29 bits per heavy atom.